The SMILES string of the molecule is CC=CCCC(=O)c1cc(C(=O)OC)c(OC)cc1O. The number of benzene rings is 1. The maximum atomic E-state index is 12.0. The first-order valence-corrected chi connectivity index (χ1v) is 6.18. The number of ketones is 1. The van der Waals surface area contributed by atoms with Gasteiger partial charge in [-0.2, -0.15) is 0 Å². The zero-order valence-corrected chi connectivity index (χ0v) is 11.8. The first kappa shape index (κ1) is 15.8. The van der Waals surface area contributed by atoms with Gasteiger partial charge in [0.1, 0.15) is 17.1 Å². The van der Waals surface area contributed by atoms with Gasteiger partial charge in [0.15, 0.2) is 5.78 Å². The van der Waals surface area contributed by atoms with Crippen molar-refractivity contribution in [2.45, 2.75) is 19.8 Å². The fraction of sp³-hybridized carbons (Fsp3) is 0.333. The third-order valence-electron chi connectivity index (χ3n) is 2.80. The van der Waals surface area contributed by atoms with Crippen LogP contribution in [0.15, 0.2) is 24.3 Å². The Hall–Kier alpha value is -2.30. The maximum Gasteiger partial charge on any atom is 0.341 e. The molecule has 0 unspecified atom stereocenters. The molecule has 1 N–H and O–H groups in total. The number of carbonyl (C=O) groups is 2. The van der Waals surface area contributed by atoms with Gasteiger partial charge in [0.2, 0.25) is 0 Å². The number of esters is 1. The molecule has 0 bridgehead atoms. The lowest BCUT2D eigenvalue weighted by Crippen LogP contribution is -2.07. The van der Waals surface area contributed by atoms with E-state index in [0.717, 1.165) is 0 Å². The highest BCUT2D eigenvalue weighted by Gasteiger charge is 2.20. The van der Waals surface area contributed by atoms with Crippen LogP contribution >= 0.6 is 0 Å². The van der Waals surface area contributed by atoms with Crippen LogP contribution in [0.4, 0.5) is 0 Å². The molecule has 0 saturated heterocycles. The molecular weight excluding hydrogens is 260 g/mol. The summed E-state index contributed by atoms with van der Waals surface area (Å²) in [6.45, 7) is 1.87. The van der Waals surface area contributed by atoms with E-state index in [1.807, 2.05) is 19.1 Å². The molecule has 1 rings (SSSR count). The first-order chi connectivity index (χ1) is 9.54. The maximum absolute atomic E-state index is 12.0. The lowest BCUT2D eigenvalue weighted by atomic mass is 10.0. The van der Waals surface area contributed by atoms with Crippen LogP contribution < -0.4 is 4.74 Å². The predicted octanol–water partition coefficient (Wildman–Crippen LogP) is 2.73. The van der Waals surface area contributed by atoms with Gasteiger partial charge in [0.25, 0.3) is 0 Å². The van der Waals surface area contributed by atoms with Gasteiger partial charge < -0.3 is 14.6 Å². The Kier molecular flexibility index (Phi) is 5.77. The zero-order chi connectivity index (χ0) is 15.1. The quantitative estimate of drug-likeness (QED) is 0.492. The molecule has 0 radical (unpaired) electrons. The second-order valence-corrected chi connectivity index (χ2v) is 4.09. The summed E-state index contributed by atoms with van der Waals surface area (Å²) in [5.41, 5.74) is 0.206. The average molecular weight is 278 g/mol. The Morgan fingerprint density at radius 1 is 1.25 bits per heavy atom. The Labute approximate surface area is 117 Å². The second-order valence-electron chi connectivity index (χ2n) is 4.09. The molecule has 5 nitrogen and oxygen atoms in total. The molecule has 5 heteroatoms. The van der Waals surface area contributed by atoms with Crippen molar-refractivity contribution in [1.82, 2.24) is 0 Å². The van der Waals surface area contributed by atoms with Crippen molar-refractivity contribution in [3.05, 3.63) is 35.4 Å². The summed E-state index contributed by atoms with van der Waals surface area (Å²) in [6.07, 6.45) is 4.54. The number of methoxy groups -OCH3 is 2. The van der Waals surface area contributed by atoms with Crippen molar-refractivity contribution >= 4 is 11.8 Å². The molecular formula is C15H18O5. The predicted molar refractivity (Wildman–Crippen MR) is 74.4 cm³/mol. The van der Waals surface area contributed by atoms with E-state index in [-0.39, 0.29) is 34.8 Å². The minimum absolute atomic E-state index is 0.0932. The number of hydrogen-bond acceptors (Lipinski definition) is 5. The molecule has 0 aromatic heterocycles. The van der Waals surface area contributed by atoms with Crippen LogP contribution in [0.2, 0.25) is 0 Å². The van der Waals surface area contributed by atoms with E-state index in [4.69, 9.17) is 4.74 Å². The van der Waals surface area contributed by atoms with Crippen LogP contribution in [0.5, 0.6) is 11.5 Å². The van der Waals surface area contributed by atoms with Gasteiger partial charge in [-0.1, -0.05) is 12.2 Å². The number of Topliss-reactive ketones (excluding diaryl/α,β-unsaturated/α-hetero) is 1. The number of aromatic hydroxyl groups is 1. The molecule has 0 aliphatic heterocycles. The lowest BCUT2D eigenvalue weighted by Gasteiger charge is -2.10. The number of hydrogen-bond donors (Lipinski definition) is 1. The highest BCUT2D eigenvalue weighted by atomic mass is 16.5. The number of phenols is 1. The number of carbonyl (C=O) groups excluding carboxylic acids is 2. The monoisotopic (exact) mass is 278 g/mol. The fourth-order valence-electron chi connectivity index (χ4n) is 1.75. The van der Waals surface area contributed by atoms with Gasteiger partial charge in [0.05, 0.1) is 19.8 Å². The number of phenolic OH excluding ortho intramolecular Hbond substituents is 1. The molecule has 1 aromatic carbocycles. The van der Waals surface area contributed by atoms with E-state index in [9.17, 15) is 14.7 Å². The normalized spacial score (nSPS) is 10.6. The highest BCUT2D eigenvalue weighted by Crippen LogP contribution is 2.29. The Bertz CT molecular complexity index is 531. The molecule has 0 fully saturated rings. The van der Waals surface area contributed by atoms with Gasteiger partial charge in [-0.25, -0.2) is 4.79 Å². The lowest BCUT2D eigenvalue weighted by molar-refractivity contribution is 0.0597. The zero-order valence-electron chi connectivity index (χ0n) is 11.8. The summed E-state index contributed by atoms with van der Waals surface area (Å²) >= 11 is 0. The smallest absolute Gasteiger partial charge is 0.341 e. The van der Waals surface area contributed by atoms with Crippen molar-refractivity contribution in [2.75, 3.05) is 14.2 Å². The number of allylic oxidation sites excluding steroid dienone is 2. The van der Waals surface area contributed by atoms with Crippen molar-refractivity contribution < 1.29 is 24.2 Å². The average Bonchev–Trinajstić information content (AvgIpc) is 2.46. The fourth-order valence-corrected chi connectivity index (χ4v) is 1.75. The van der Waals surface area contributed by atoms with E-state index in [1.54, 1.807) is 0 Å². The van der Waals surface area contributed by atoms with Gasteiger partial charge in [-0.3, -0.25) is 4.79 Å². The van der Waals surface area contributed by atoms with Crippen molar-refractivity contribution in [2.24, 2.45) is 0 Å². The van der Waals surface area contributed by atoms with E-state index < -0.39 is 5.97 Å². The van der Waals surface area contributed by atoms with Gasteiger partial charge >= 0.3 is 5.97 Å². The third-order valence-corrected chi connectivity index (χ3v) is 2.80. The Balaban J connectivity index is 3.13. The summed E-state index contributed by atoms with van der Waals surface area (Å²) in [5.74, 6) is -0.905. The van der Waals surface area contributed by atoms with E-state index in [1.165, 1.54) is 26.4 Å². The highest BCUT2D eigenvalue weighted by molar-refractivity contribution is 6.02. The molecule has 0 atom stereocenters. The van der Waals surface area contributed by atoms with Gasteiger partial charge in [-0.05, 0) is 19.4 Å². The Morgan fingerprint density at radius 3 is 2.50 bits per heavy atom. The minimum atomic E-state index is -0.621. The number of ether oxygens (including phenoxy) is 2. The molecule has 0 aliphatic rings. The largest absolute Gasteiger partial charge is 0.507 e. The van der Waals surface area contributed by atoms with E-state index >= 15 is 0 Å². The summed E-state index contributed by atoms with van der Waals surface area (Å²) < 4.78 is 9.63. The summed E-state index contributed by atoms with van der Waals surface area (Å²) in [6, 6.07) is 2.55. The van der Waals surface area contributed by atoms with Gasteiger partial charge in [-0.15, -0.1) is 0 Å². The van der Waals surface area contributed by atoms with Crippen LogP contribution in [0.25, 0.3) is 0 Å². The van der Waals surface area contributed by atoms with E-state index in [2.05, 4.69) is 4.74 Å². The topological polar surface area (TPSA) is 72.8 Å². The third kappa shape index (κ3) is 3.60. The van der Waals surface area contributed by atoms with E-state index in [0.29, 0.717) is 6.42 Å². The van der Waals surface area contributed by atoms with Crippen LogP contribution in [0.3, 0.4) is 0 Å². The second kappa shape index (κ2) is 7.33. The molecule has 0 saturated carbocycles. The van der Waals surface area contributed by atoms with Crippen molar-refractivity contribution in [3.8, 4) is 11.5 Å². The minimum Gasteiger partial charge on any atom is -0.507 e. The molecule has 1 aromatic rings. The Morgan fingerprint density at radius 2 is 1.95 bits per heavy atom. The molecule has 20 heavy (non-hydrogen) atoms. The molecule has 0 heterocycles. The molecule has 0 amide bonds. The molecule has 0 spiro atoms. The summed E-state index contributed by atoms with van der Waals surface area (Å²) in [7, 11) is 2.61. The van der Waals surface area contributed by atoms with Crippen LogP contribution in [-0.4, -0.2) is 31.1 Å². The summed E-state index contributed by atoms with van der Waals surface area (Å²) in [4.78, 5) is 23.6. The number of rotatable bonds is 6. The summed E-state index contributed by atoms with van der Waals surface area (Å²) in [5, 5.41) is 9.86. The van der Waals surface area contributed by atoms with Crippen molar-refractivity contribution in [1.29, 1.82) is 0 Å². The van der Waals surface area contributed by atoms with Crippen LogP contribution in [0.1, 0.15) is 40.5 Å². The standard InChI is InChI=1S/C15H18O5/c1-4-5-6-7-12(16)10-8-11(15(18)20-3)14(19-2)9-13(10)17/h4-5,8-9,17H,6-7H2,1-3H3. The van der Waals surface area contributed by atoms with Crippen LogP contribution in [0, 0.1) is 0 Å². The van der Waals surface area contributed by atoms with Crippen molar-refractivity contribution in [3.63, 3.8) is 0 Å². The van der Waals surface area contributed by atoms with Crippen LogP contribution in [-0.2, 0) is 4.74 Å². The molecule has 0 aliphatic carbocycles. The first-order valence-electron chi connectivity index (χ1n) is 6.18. The molecule has 108 valence electrons. The van der Waals surface area contributed by atoms with Gasteiger partial charge in [0, 0.05) is 12.5 Å².